The summed E-state index contributed by atoms with van der Waals surface area (Å²) in [6.07, 6.45) is 0. The van der Waals surface area contributed by atoms with E-state index in [0.717, 1.165) is 11.3 Å². The van der Waals surface area contributed by atoms with Crippen molar-refractivity contribution in [3.8, 4) is 0 Å². The van der Waals surface area contributed by atoms with Gasteiger partial charge >= 0.3 is 6.54 Å². The molecule has 0 N–H and O–H groups in total. The molecular weight excluding hydrogens is 150 g/mol. The number of anilines is 1. The van der Waals surface area contributed by atoms with E-state index in [9.17, 15) is 0 Å². The predicted octanol–water partition coefficient (Wildman–Crippen LogP) is 2.11. The first-order valence-electron chi connectivity index (χ1n) is 3.81. The highest BCUT2D eigenvalue weighted by molar-refractivity contribution is 5.46. The molecule has 0 fully saturated rings. The standard InChI is InChI=1S/C9H12N3/c1-12(2)9-5-3-8(4-6-9)7-11-10/h3-6H,7H2,1-2H3/q+1. The molecule has 0 aliphatic carbocycles. The van der Waals surface area contributed by atoms with Crippen LogP contribution in [0.1, 0.15) is 5.56 Å². The molecule has 0 aromatic heterocycles. The molecule has 1 rings (SSSR count). The Balaban J connectivity index is 2.80. The molecule has 12 heavy (non-hydrogen) atoms. The van der Waals surface area contributed by atoms with Gasteiger partial charge in [-0.05, 0) is 24.3 Å². The SMILES string of the molecule is CN(C)c1ccc(C[N+]#N)cc1. The van der Waals surface area contributed by atoms with E-state index >= 15 is 0 Å². The molecule has 0 atom stereocenters. The quantitative estimate of drug-likeness (QED) is 0.623. The maximum Gasteiger partial charge on any atom is 0.330 e. The number of benzene rings is 1. The van der Waals surface area contributed by atoms with Gasteiger partial charge in [-0.2, -0.15) is 0 Å². The lowest BCUT2D eigenvalue weighted by molar-refractivity contribution is 1.12. The highest BCUT2D eigenvalue weighted by atomic mass is 15.1. The summed E-state index contributed by atoms with van der Waals surface area (Å²) < 4.78 is 0. The van der Waals surface area contributed by atoms with Gasteiger partial charge in [-0.15, -0.1) is 0 Å². The molecule has 0 heterocycles. The molecule has 0 spiro atoms. The molecule has 3 nitrogen and oxygen atoms in total. The van der Waals surface area contributed by atoms with Crippen LogP contribution < -0.4 is 4.90 Å². The highest BCUT2D eigenvalue weighted by Gasteiger charge is 2.00. The fourth-order valence-electron chi connectivity index (χ4n) is 0.981. The Morgan fingerprint density at radius 2 is 1.83 bits per heavy atom. The number of diazo groups is 1. The van der Waals surface area contributed by atoms with Gasteiger partial charge in [-0.1, -0.05) is 0 Å². The second-order valence-corrected chi connectivity index (χ2v) is 2.86. The Bertz CT molecular complexity index is 282. The minimum absolute atomic E-state index is 0.369. The van der Waals surface area contributed by atoms with Gasteiger partial charge in [-0.3, -0.25) is 0 Å². The van der Waals surface area contributed by atoms with Gasteiger partial charge in [0.1, 0.15) is 4.98 Å². The van der Waals surface area contributed by atoms with Crippen LogP contribution in [-0.4, -0.2) is 14.1 Å². The number of nitrogens with zero attached hydrogens (tertiary/aromatic N) is 3. The average molecular weight is 162 g/mol. The lowest BCUT2D eigenvalue weighted by atomic mass is 10.2. The Kier molecular flexibility index (Phi) is 2.65. The summed E-state index contributed by atoms with van der Waals surface area (Å²) in [5.41, 5.74) is 2.17. The van der Waals surface area contributed by atoms with Crippen LogP contribution in [0.25, 0.3) is 4.98 Å². The molecule has 0 aliphatic heterocycles. The van der Waals surface area contributed by atoms with Crippen molar-refractivity contribution < 1.29 is 0 Å². The van der Waals surface area contributed by atoms with Gasteiger partial charge in [0.2, 0.25) is 5.39 Å². The van der Waals surface area contributed by atoms with Crippen molar-refractivity contribution >= 4 is 5.69 Å². The predicted molar refractivity (Wildman–Crippen MR) is 49.6 cm³/mol. The second kappa shape index (κ2) is 3.72. The van der Waals surface area contributed by atoms with Gasteiger partial charge in [-0.25, -0.2) is 0 Å². The monoisotopic (exact) mass is 162 g/mol. The summed E-state index contributed by atoms with van der Waals surface area (Å²) in [7, 11) is 3.98. The zero-order valence-electron chi connectivity index (χ0n) is 7.36. The summed E-state index contributed by atoms with van der Waals surface area (Å²) in [5, 5.41) is 8.31. The molecule has 0 amide bonds. The summed E-state index contributed by atoms with van der Waals surface area (Å²) in [6, 6.07) is 7.91. The van der Waals surface area contributed by atoms with Crippen molar-refractivity contribution in [3.63, 3.8) is 0 Å². The van der Waals surface area contributed by atoms with Crippen LogP contribution in [0.15, 0.2) is 24.3 Å². The molecule has 62 valence electrons. The van der Waals surface area contributed by atoms with E-state index in [-0.39, 0.29) is 0 Å². The first-order chi connectivity index (χ1) is 5.74. The largest absolute Gasteiger partial charge is 0.378 e. The number of rotatable bonds is 2. The van der Waals surface area contributed by atoms with Crippen molar-refractivity contribution in [2.45, 2.75) is 6.54 Å². The molecule has 0 saturated carbocycles. The Hall–Kier alpha value is -1.56. The van der Waals surface area contributed by atoms with Crippen molar-refractivity contribution in [1.29, 1.82) is 5.39 Å². The van der Waals surface area contributed by atoms with E-state index in [1.807, 2.05) is 43.3 Å². The summed E-state index contributed by atoms with van der Waals surface area (Å²) in [5.74, 6) is 0. The Labute approximate surface area is 72.2 Å². The van der Waals surface area contributed by atoms with Crippen LogP contribution in [0.2, 0.25) is 0 Å². The Morgan fingerprint density at radius 1 is 1.25 bits per heavy atom. The third-order valence-corrected chi connectivity index (χ3v) is 1.71. The molecule has 1 aromatic rings. The van der Waals surface area contributed by atoms with E-state index < -0.39 is 0 Å². The fraction of sp³-hybridized carbons (Fsp3) is 0.333. The molecular formula is C9H12N3+. The zero-order valence-corrected chi connectivity index (χ0v) is 7.36. The lowest BCUT2D eigenvalue weighted by Crippen LogP contribution is -2.08. The number of hydrogen-bond acceptors (Lipinski definition) is 2. The smallest absolute Gasteiger partial charge is 0.330 e. The third-order valence-electron chi connectivity index (χ3n) is 1.71. The summed E-state index contributed by atoms with van der Waals surface area (Å²) in [4.78, 5) is 5.09. The van der Waals surface area contributed by atoms with Gasteiger partial charge in [0, 0.05) is 25.3 Å². The van der Waals surface area contributed by atoms with Crippen molar-refractivity contribution in [2.24, 2.45) is 0 Å². The molecule has 0 radical (unpaired) electrons. The van der Waals surface area contributed by atoms with Crippen LogP contribution in [0.4, 0.5) is 5.69 Å². The van der Waals surface area contributed by atoms with E-state index in [4.69, 9.17) is 5.39 Å². The molecule has 0 unspecified atom stereocenters. The molecule has 3 heteroatoms. The summed E-state index contributed by atoms with van der Waals surface area (Å²) in [6.45, 7) is 0.369. The maximum atomic E-state index is 8.31. The first-order valence-corrected chi connectivity index (χ1v) is 3.81. The third kappa shape index (κ3) is 1.96. The maximum absolute atomic E-state index is 8.31. The van der Waals surface area contributed by atoms with Crippen molar-refractivity contribution in [1.82, 2.24) is 0 Å². The minimum Gasteiger partial charge on any atom is -0.378 e. The van der Waals surface area contributed by atoms with E-state index in [0.29, 0.717) is 6.54 Å². The van der Waals surface area contributed by atoms with Crippen LogP contribution in [0.3, 0.4) is 0 Å². The normalized spacial score (nSPS) is 9.08. The van der Waals surface area contributed by atoms with Gasteiger partial charge < -0.3 is 4.90 Å². The molecule has 0 aliphatic rings. The summed E-state index contributed by atoms with van der Waals surface area (Å²) >= 11 is 0. The molecule has 0 bridgehead atoms. The van der Waals surface area contributed by atoms with Crippen LogP contribution in [0.5, 0.6) is 0 Å². The van der Waals surface area contributed by atoms with Crippen molar-refractivity contribution in [3.05, 3.63) is 34.8 Å². The van der Waals surface area contributed by atoms with Crippen molar-refractivity contribution in [2.75, 3.05) is 19.0 Å². The number of hydrogen-bond donors (Lipinski definition) is 0. The van der Waals surface area contributed by atoms with Gasteiger partial charge in [0.05, 0.1) is 0 Å². The average Bonchev–Trinajstić information content (AvgIpc) is 2.06. The minimum atomic E-state index is 0.369. The fourth-order valence-corrected chi connectivity index (χ4v) is 0.981. The van der Waals surface area contributed by atoms with Crippen LogP contribution in [-0.2, 0) is 6.54 Å². The highest BCUT2D eigenvalue weighted by Crippen LogP contribution is 2.12. The van der Waals surface area contributed by atoms with Crippen LogP contribution >= 0.6 is 0 Å². The van der Waals surface area contributed by atoms with E-state index in [1.54, 1.807) is 0 Å². The zero-order chi connectivity index (χ0) is 8.97. The Morgan fingerprint density at radius 3 is 2.25 bits per heavy atom. The second-order valence-electron chi connectivity index (χ2n) is 2.86. The van der Waals surface area contributed by atoms with Gasteiger partial charge in [0.25, 0.3) is 0 Å². The van der Waals surface area contributed by atoms with E-state index in [1.165, 1.54) is 0 Å². The van der Waals surface area contributed by atoms with Crippen LogP contribution in [0, 0.1) is 5.39 Å². The molecule has 1 aromatic carbocycles. The van der Waals surface area contributed by atoms with Gasteiger partial charge in [0.15, 0.2) is 0 Å². The topological polar surface area (TPSA) is 31.4 Å². The molecule has 0 saturated heterocycles. The lowest BCUT2D eigenvalue weighted by Gasteiger charge is -2.11. The first kappa shape index (κ1) is 8.54. The van der Waals surface area contributed by atoms with E-state index in [2.05, 4.69) is 4.98 Å².